The van der Waals surface area contributed by atoms with Crippen LogP contribution in [0.1, 0.15) is 84.5 Å². The van der Waals surface area contributed by atoms with Crippen molar-refractivity contribution in [2.75, 3.05) is 14.1 Å². The van der Waals surface area contributed by atoms with Crippen LogP contribution in [-0.2, 0) is 0 Å². The Morgan fingerprint density at radius 2 is 1.17 bits per heavy atom. The monoisotopic (exact) mass is 256 g/mol. The average molecular weight is 256 g/mol. The molecule has 1 atom stereocenters. The van der Waals surface area contributed by atoms with Gasteiger partial charge in [0.25, 0.3) is 0 Å². The summed E-state index contributed by atoms with van der Waals surface area (Å²) in [5.74, 6) is 0. The lowest BCUT2D eigenvalue weighted by Crippen LogP contribution is -2.49. The van der Waals surface area contributed by atoms with Gasteiger partial charge in [-0.1, -0.05) is 71.1 Å². The summed E-state index contributed by atoms with van der Waals surface area (Å²) in [6.07, 6.45) is 15.0. The highest BCUT2D eigenvalue weighted by atomic mass is 15.2. The van der Waals surface area contributed by atoms with Gasteiger partial charge in [-0.15, -0.1) is 0 Å². The summed E-state index contributed by atoms with van der Waals surface area (Å²) < 4.78 is 0. The largest absolute Gasteiger partial charge is 0.313 e. The maximum atomic E-state index is 6.19. The zero-order valence-electron chi connectivity index (χ0n) is 13.3. The van der Waals surface area contributed by atoms with Gasteiger partial charge in [-0.25, -0.2) is 0 Å². The van der Waals surface area contributed by atoms with Crippen LogP contribution < -0.4 is 5.73 Å². The quantitative estimate of drug-likeness (QED) is 0.410. The van der Waals surface area contributed by atoms with Crippen LogP contribution in [0.15, 0.2) is 0 Å². The molecule has 0 fully saturated rings. The van der Waals surface area contributed by atoms with Crippen molar-refractivity contribution in [3.8, 4) is 0 Å². The molecule has 2 N–H and O–H groups in total. The Bertz CT molecular complexity index is 176. The molecule has 0 aromatic heterocycles. The molecule has 0 heterocycles. The van der Waals surface area contributed by atoms with Gasteiger partial charge in [-0.3, -0.25) is 4.90 Å². The lowest BCUT2D eigenvalue weighted by molar-refractivity contribution is 0.163. The van der Waals surface area contributed by atoms with Crippen LogP contribution in [-0.4, -0.2) is 24.7 Å². The summed E-state index contributed by atoms with van der Waals surface area (Å²) >= 11 is 0. The molecule has 0 bridgehead atoms. The molecule has 0 aliphatic carbocycles. The van der Waals surface area contributed by atoms with Crippen molar-refractivity contribution in [1.82, 2.24) is 4.90 Å². The number of hydrogen-bond donors (Lipinski definition) is 1. The molecule has 0 aliphatic heterocycles. The van der Waals surface area contributed by atoms with Crippen LogP contribution in [0.3, 0.4) is 0 Å². The maximum Gasteiger partial charge on any atom is 0.0653 e. The smallest absolute Gasteiger partial charge is 0.0653 e. The molecular formula is C16H36N2. The molecule has 0 aromatic carbocycles. The Morgan fingerprint density at radius 1 is 0.778 bits per heavy atom. The molecule has 110 valence electrons. The van der Waals surface area contributed by atoms with Crippen LogP contribution in [0.5, 0.6) is 0 Å². The fraction of sp³-hybridized carbons (Fsp3) is 1.00. The number of hydrogen-bond acceptors (Lipinski definition) is 2. The average Bonchev–Trinajstić information content (AvgIpc) is 2.31. The summed E-state index contributed by atoms with van der Waals surface area (Å²) in [5.41, 5.74) is 6.07. The van der Waals surface area contributed by atoms with E-state index in [1.165, 1.54) is 64.2 Å². The first-order valence-electron chi connectivity index (χ1n) is 7.97. The standard InChI is InChI=1S/C16H36N2/c1-5-6-7-8-9-10-11-12-13-14-15-16(2,17)18(3)4/h5-15,17H2,1-4H3. The molecule has 2 nitrogen and oxygen atoms in total. The van der Waals surface area contributed by atoms with E-state index in [0.29, 0.717) is 0 Å². The normalized spacial score (nSPS) is 15.0. The Hall–Kier alpha value is -0.0800. The topological polar surface area (TPSA) is 29.3 Å². The number of nitrogens with zero attached hydrogens (tertiary/aromatic N) is 1. The van der Waals surface area contributed by atoms with Gasteiger partial charge in [0.05, 0.1) is 5.66 Å². The summed E-state index contributed by atoms with van der Waals surface area (Å²) in [6, 6.07) is 0. The minimum Gasteiger partial charge on any atom is -0.313 e. The maximum absolute atomic E-state index is 6.19. The third-order valence-electron chi connectivity index (χ3n) is 4.06. The van der Waals surface area contributed by atoms with Crippen molar-refractivity contribution in [2.45, 2.75) is 90.1 Å². The van der Waals surface area contributed by atoms with Gasteiger partial charge >= 0.3 is 0 Å². The minimum absolute atomic E-state index is 0.125. The van der Waals surface area contributed by atoms with Crippen LogP contribution in [0.4, 0.5) is 0 Å². The highest BCUT2D eigenvalue weighted by Crippen LogP contribution is 2.16. The fourth-order valence-corrected chi connectivity index (χ4v) is 2.19. The van der Waals surface area contributed by atoms with E-state index in [0.717, 1.165) is 6.42 Å². The first-order valence-corrected chi connectivity index (χ1v) is 7.97. The Morgan fingerprint density at radius 3 is 1.56 bits per heavy atom. The second kappa shape index (κ2) is 10.8. The van der Waals surface area contributed by atoms with E-state index in [2.05, 4.69) is 32.8 Å². The van der Waals surface area contributed by atoms with Gasteiger partial charge in [0.15, 0.2) is 0 Å². The van der Waals surface area contributed by atoms with E-state index in [1.807, 2.05) is 0 Å². The molecule has 0 saturated heterocycles. The van der Waals surface area contributed by atoms with Crippen molar-refractivity contribution < 1.29 is 0 Å². The molecule has 0 saturated carbocycles. The number of nitrogens with two attached hydrogens (primary N) is 1. The molecule has 0 radical (unpaired) electrons. The Balaban J connectivity index is 3.21. The van der Waals surface area contributed by atoms with Crippen LogP contribution in [0.25, 0.3) is 0 Å². The predicted molar refractivity (Wildman–Crippen MR) is 82.7 cm³/mol. The third kappa shape index (κ3) is 9.90. The van der Waals surface area contributed by atoms with E-state index in [-0.39, 0.29) is 5.66 Å². The van der Waals surface area contributed by atoms with Crippen LogP contribution >= 0.6 is 0 Å². The van der Waals surface area contributed by atoms with Gasteiger partial charge in [0.2, 0.25) is 0 Å². The van der Waals surface area contributed by atoms with Crippen molar-refractivity contribution >= 4 is 0 Å². The van der Waals surface area contributed by atoms with Crippen LogP contribution in [0, 0.1) is 0 Å². The van der Waals surface area contributed by atoms with E-state index in [9.17, 15) is 0 Å². The highest BCUT2D eigenvalue weighted by molar-refractivity contribution is 4.74. The second-order valence-corrected chi connectivity index (χ2v) is 6.18. The van der Waals surface area contributed by atoms with Crippen LogP contribution in [0.2, 0.25) is 0 Å². The summed E-state index contributed by atoms with van der Waals surface area (Å²) in [5, 5.41) is 0. The van der Waals surface area contributed by atoms with E-state index >= 15 is 0 Å². The van der Waals surface area contributed by atoms with Crippen molar-refractivity contribution in [3.63, 3.8) is 0 Å². The molecule has 18 heavy (non-hydrogen) atoms. The number of rotatable bonds is 12. The molecule has 0 aromatic rings. The molecule has 2 heteroatoms. The second-order valence-electron chi connectivity index (χ2n) is 6.18. The molecule has 0 rings (SSSR count). The highest BCUT2D eigenvalue weighted by Gasteiger charge is 2.19. The zero-order chi connectivity index (χ0) is 13.9. The molecule has 0 amide bonds. The molecular weight excluding hydrogens is 220 g/mol. The van der Waals surface area contributed by atoms with Gasteiger partial charge in [-0.05, 0) is 27.4 Å². The van der Waals surface area contributed by atoms with E-state index < -0.39 is 0 Å². The lowest BCUT2D eigenvalue weighted by atomic mass is 10.0. The van der Waals surface area contributed by atoms with Crippen molar-refractivity contribution in [1.29, 1.82) is 0 Å². The minimum atomic E-state index is -0.125. The van der Waals surface area contributed by atoms with Gasteiger partial charge < -0.3 is 5.73 Å². The summed E-state index contributed by atoms with van der Waals surface area (Å²) in [7, 11) is 4.13. The first-order chi connectivity index (χ1) is 8.50. The van der Waals surface area contributed by atoms with E-state index in [1.54, 1.807) is 0 Å². The molecule has 0 aliphatic rings. The van der Waals surface area contributed by atoms with E-state index in [4.69, 9.17) is 5.73 Å². The van der Waals surface area contributed by atoms with Crippen molar-refractivity contribution in [3.05, 3.63) is 0 Å². The predicted octanol–water partition coefficient (Wildman–Crippen LogP) is 4.53. The van der Waals surface area contributed by atoms with Gasteiger partial charge in [0.1, 0.15) is 0 Å². The SMILES string of the molecule is CCCCCCCCCCCCC(C)(N)N(C)C. The summed E-state index contributed by atoms with van der Waals surface area (Å²) in [4.78, 5) is 2.13. The van der Waals surface area contributed by atoms with Crippen molar-refractivity contribution in [2.24, 2.45) is 5.73 Å². The van der Waals surface area contributed by atoms with Gasteiger partial charge in [-0.2, -0.15) is 0 Å². The molecule has 0 spiro atoms. The Labute approximate surface area is 115 Å². The van der Waals surface area contributed by atoms with Gasteiger partial charge in [0, 0.05) is 0 Å². The first kappa shape index (κ1) is 17.9. The zero-order valence-corrected chi connectivity index (χ0v) is 13.3. The molecule has 1 unspecified atom stereocenters. The third-order valence-corrected chi connectivity index (χ3v) is 4.06. The fourth-order valence-electron chi connectivity index (χ4n) is 2.19. The Kier molecular flexibility index (Phi) is 10.8. The lowest BCUT2D eigenvalue weighted by Gasteiger charge is -2.32. The summed E-state index contributed by atoms with van der Waals surface area (Å²) in [6.45, 7) is 4.40. The number of unbranched alkanes of at least 4 members (excludes halogenated alkanes) is 9.